The van der Waals surface area contributed by atoms with Crippen molar-refractivity contribution in [2.45, 2.75) is 25.4 Å². The van der Waals surface area contributed by atoms with Crippen LogP contribution in [-0.4, -0.2) is 65.9 Å². The fourth-order valence-corrected chi connectivity index (χ4v) is 3.84. The van der Waals surface area contributed by atoms with Crippen molar-refractivity contribution in [3.8, 4) is 0 Å². The van der Waals surface area contributed by atoms with Crippen LogP contribution >= 0.6 is 0 Å². The summed E-state index contributed by atoms with van der Waals surface area (Å²) in [5, 5.41) is 17.4. The summed E-state index contributed by atoms with van der Waals surface area (Å²) < 4.78 is 0. The highest BCUT2D eigenvalue weighted by Crippen LogP contribution is 2.31. The van der Waals surface area contributed by atoms with E-state index in [0.29, 0.717) is 23.8 Å². The SMILES string of the molecule is O=C(NCCN1CCN(Cc2ccccc2)CC1)c1ccc(NC2CC2)c([N+](=O)[O-])c1. The van der Waals surface area contributed by atoms with Gasteiger partial charge in [-0.2, -0.15) is 0 Å². The Kier molecular flexibility index (Phi) is 6.79. The predicted molar refractivity (Wildman–Crippen MR) is 120 cm³/mol. The third-order valence-corrected chi connectivity index (χ3v) is 5.82. The number of nitrogens with one attached hydrogen (secondary N) is 2. The topological polar surface area (TPSA) is 90.8 Å². The fraction of sp³-hybridized carbons (Fsp3) is 0.435. The Morgan fingerprint density at radius 1 is 1.03 bits per heavy atom. The number of nitro groups is 1. The molecule has 1 aliphatic carbocycles. The van der Waals surface area contributed by atoms with Gasteiger partial charge in [0.05, 0.1) is 4.92 Å². The molecule has 0 bridgehead atoms. The first-order valence-corrected chi connectivity index (χ1v) is 10.9. The third kappa shape index (κ3) is 6.02. The minimum Gasteiger partial charge on any atom is -0.377 e. The Balaban J connectivity index is 1.21. The molecule has 1 amide bonds. The van der Waals surface area contributed by atoms with Crippen LogP contribution in [0.2, 0.25) is 0 Å². The molecule has 8 nitrogen and oxygen atoms in total. The predicted octanol–water partition coefficient (Wildman–Crippen LogP) is 2.72. The number of benzene rings is 2. The molecule has 0 unspecified atom stereocenters. The van der Waals surface area contributed by atoms with Crippen LogP contribution < -0.4 is 10.6 Å². The summed E-state index contributed by atoms with van der Waals surface area (Å²) in [6, 6.07) is 15.4. The maximum absolute atomic E-state index is 12.5. The van der Waals surface area contributed by atoms with Crippen LogP contribution in [0, 0.1) is 10.1 Å². The summed E-state index contributed by atoms with van der Waals surface area (Å²) in [6.07, 6.45) is 2.06. The van der Waals surface area contributed by atoms with E-state index in [1.165, 1.54) is 11.6 Å². The average Bonchev–Trinajstić information content (AvgIpc) is 3.60. The van der Waals surface area contributed by atoms with Crippen LogP contribution in [0.4, 0.5) is 11.4 Å². The minimum atomic E-state index is -0.434. The van der Waals surface area contributed by atoms with Gasteiger partial charge in [-0.3, -0.25) is 24.7 Å². The summed E-state index contributed by atoms with van der Waals surface area (Å²) in [4.78, 5) is 28.2. The molecular weight excluding hydrogens is 394 g/mol. The van der Waals surface area contributed by atoms with Crippen molar-refractivity contribution in [2.75, 3.05) is 44.6 Å². The maximum atomic E-state index is 12.5. The van der Waals surface area contributed by atoms with Gasteiger partial charge < -0.3 is 10.6 Å². The molecule has 0 spiro atoms. The Hall–Kier alpha value is -2.97. The summed E-state index contributed by atoms with van der Waals surface area (Å²) in [6.45, 7) is 6.21. The van der Waals surface area contributed by atoms with Crippen molar-refractivity contribution in [3.05, 3.63) is 69.8 Å². The quantitative estimate of drug-likeness (QED) is 0.476. The molecule has 2 N–H and O–H groups in total. The number of hydrogen-bond acceptors (Lipinski definition) is 6. The largest absolute Gasteiger partial charge is 0.377 e. The van der Waals surface area contributed by atoms with Crippen molar-refractivity contribution >= 4 is 17.3 Å². The second-order valence-electron chi connectivity index (χ2n) is 8.27. The van der Waals surface area contributed by atoms with Crippen LogP contribution in [0.25, 0.3) is 0 Å². The van der Waals surface area contributed by atoms with E-state index in [-0.39, 0.29) is 11.6 Å². The van der Waals surface area contributed by atoms with Gasteiger partial charge in [0.2, 0.25) is 0 Å². The van der Waals surface area contributed by atoms with E-state index < -0.39 is 4.92 Å². The molecule has 1 heterocycles. The Morgan fingerprint density at radius 3 is 2.42 bits per heavy atom. The minimum absolute atomic E-state index is 0.0471. The van der Waals surface area contributed by atoms with Crippen molar-refractivity contribution in [1.29, 1.82) is 0 Å². The lowest BCUT2D eigenvalue weighted by Gasteiger charge is -2.34. The van der Waals surface area contributed by atoms with Gasteiger partial charge in [-0.1, -0.05) is 30.3 Å². The van der Waals surface area contributed by atoms with E-state index in [4.69, 9.17) is 0 Å². The zero-order valence-corrected chi connectivity index (χ0v) is 17.6. The monoisotopic (exact) mass is 423 g/mol. The first kappa shape index (κ1) is 21.3. The van der Waals surface area contributed by atoms with Crippen molar-refractivity contribution in [2.24, 2.45) is 0 Å². The molecule has 0 radical (unpaired) electrons. The number of anilines is 1. The molecule has 1 aliphatic heterocycles. The van der Waals surface area contributed by atoms with Gasteiger partial charge in [0, 0.05) is 63.5 Å². The lowest BCUT2D eigenvalue weighted by molar-refractivity contribution is -0.384. The van der Waals surface area contributed by atoms with Crippen LogP contribution in [0.3, 0.4) is 0 Å². The van der Waals surface area contributed by atoms with Crippen molar-refractivity contribution < 1.29 is 9.72 Å². The van der Waals surface area contributed by atoms with Gasteiger partial charge in [-0.05, 0) is 30.5 Å². The Labute approximate surface area is 182 Å². The summed E-state index contributed by atoms with van der Waals surface area (Å²) in [5.41, 5.74) is 2.09. The highest BCUT2D eigenvalue weighted by Gasteiger charge is 2.25. The van der Waals surface area contributed by atoms with Gasteiger partial charge in [0.15, 0.2) is 0 Å². The fourth-order valence-electron chi connectivity index (χ4n) is 3.84. The number of nitrogens with zero attached hydrogens (tertiary/aromatic N) is 3. The van der Waals surface area contributed by atoms with Gasteiger partial charge >= 0.3 is 0 Å². The average molecular weight is 424 g/mol. The zero-order valence-electron chi connectivity index (χ0n) is 17.6. The van der Waals surface area contributed by atoms with Gasteiger partial charge in [-0.25, -0.2) is 0 Å². The van der Waals surface area contributed by atoms with Gasteiger partial charge in [0.25, 0.3) is 11.6 Å². The molecule has 1 saturated heterocycles. The second-order valence-corrected chi connectivity index (χ2v) is 8.27. The molecule has 164 valence electrons. The number of rotatable bonds is 9. The molecule has 2 fully saturated rings. The highest BCUT2D eigenvalue weighted by molar-refractivity contribution is 5.95. The van der Waals surface area contributed by atoms with E-state index in [0.717, 1.165) is 52.1 Å². The number of carbonyl (C=O) groups is 1. The maximum Gasteiger partial charge on any atom is 0.293 e. The van der Waals surface area contributed by atoms with E-state index >= 15 is 0 Å². The zero-order chi connectivity index (χ0) is 21.6. The molecule has 1 saturated carbocycles. The molecule has 2 aromatic rings. The van der Waals surface area contributed by atoms with E-state index in [1.54, 1.807) is 12.1 Å². The van der Waals surface area contributed by atoms with Crippen LogP contribution in [0.15, 0.2) is 48.5 Å². The summed E-state index contributed by atoms with van der Waals surface area (Å²) in [5.74, 6) is -0.274. The number of carbonyl (C=O) groups excluding carboxylic acids is 1. The first-order chi connectivity index (χ1) is 15.1. The molecule has 0 aromatic heterocycles. The highest BCUT2D eigenvalue weighted by atomic mass is 16.6. The van der Waals surface area contributed by atoms with E-state index in [1.807, 2.05) is 6.07 Å². The number of nitro benzene ring substituents is 1. The number of amides is 1. The van der Waals surface area contributed by atoms with Gasteiger partial charge in [0.1, 0.15) is 5.69 Å². The van der Waals surface area contributed by atoms with Crippen LogP contribution in [0.1, 0.15) is 28.8 Å². The molecule has 31 heavy (non-hydrogen) atoms. The third-order valence-electron chi connectivity index (χ3n) is 5.82. The number of piperazine rings is 1. The second kappa shape index (κ2) is 9.89. The van der Waals surface area contributed by atoms with Gasteiger partial charge in [-0.15, -0.1) is 0 Å². The summed E-state index contributed by atoms with van der Waals surface area (Å²) in [7, 11) is 0. The lowest BCUT2D eigenvalue weighted by atomic mass is 10.1. The van der Waals surface area contributed by atoms with Crippen LogP contribution in [-0.2, 0) is 6.54 Å². The normalized spacial score (nSPS) is 17.3. The molecule has 8 heteroatoms. The first-order valence-electron chi connectivity index (χ1n) is 10.9. The smallest absolute Gasteiger partial charge is 0.293 e. The molecule has 2 aromatic carbocycles. The Morgan fingerprint density at radius 2 is 1.74 bits per heavy atom. The number of hydrogen-bond donors (Lipinski definition) is 2. The van der Waals surface area contributed by atoms with Crippen molar-refractivity contribution in [1.82, 2.24) is 15.1 Å². The molecule has 4 rings (SSSR count). The summed E-state index contributed by atoms with van der Waals surface area (Å²) >= 11 is 0. The molecule has 2 aliphatic rings. The standard InChI is InChI=1S/C23H29N5O3/c29-23(19-6-9-21(25-20-7-8-20)22(16-19)28(30)31)24-10-11-26-12-14-27(15-13-26)17-18-4-2-1-3-5-18/h1-6,9,16,20,25H,7-8,10-15,17H2,(H,24,29). The Bertz CT molecular complexity index is 909. The molecule has 0 atom stereocenters. The molecular formula is C23H29N5O3. The van der Waals surface area contributed by atoms with Crippen LogP contribution in [0.5, 0.6) is 0 Å². The van der Waals surface area contributed by atoms with E-state index in [2.05, 4.69) is 44.7 Å². The lowest BCUT2D eigenvalue weighted by Crippen LogP contribution is -2.48. The van der Waals surface area contributed by atoms with E-state index in [9.17, 15) is 14.9 Å². The van der Waals surface area contributed by atoms with Crippen molar-refractivity contribution in [3.63, 3.8) is 0 Å².